The summed E-state index contributed by atoms with van der Waals surface area (Å²) in [5.41, 5.74) is 4.48. The molecular weight excluding hydrogens is 322 g/mol. The van der Waals surface area contributed by atoms with Gasteiger partial charge in [0.05, 0.1) is 17.3 Å². The molecule has 0 unspecified atom stereocenters. The first-order valence-corrected chi connectivity index (χ1v) is 9.72. The van der Waals surface area contributed by atoms with E-state index in [4.69, 9.17) is 0 Å². The molecule has 5 nitrogen and oxygen atoms in total. The lowest BCUT2D eigenvalue weighted by Gasteiger charge is -2.34. The molecule has 0 saturated heterocycles. The third-order valence-corrected chi connectivity index (χ3v) is 5.71. The van der Waals surface area contributed by atoms with Gasteiger partial charge in [-0.15, -0.1) is 0 Å². The number of hydrogen-bond acceptors (Lipinski definition) is 4. The second kappa shape index (κ2) is 7.06. The molecule has 1 fully saturated rings. The van der Waals surface area contributed by atoms with Crippen molar-refractivity contribution >= 4 is 16.9 Å². The summed E-state index contributed by atoms with van der Waals surface area (Å²) in [6, 6.07) is 7.00. The molecule has 26 heavy (non-hydrogen) atoms. The van der Waals surface area contributed by atoms with Crippen molar-refractivity contribution < 1.29 is 0 Å². The van der Waals surface area contributed by atoms with E-state index in [-0.39, 0.29) is 0 Å². The Morgan fingerprint density at radius 3 is 2.62 bits per heavy atom. The second-order valence-electron chi connectivity index (χ2n) is 7.34. The number of fused-ring (bicyclic) bond motifs is 1. The molecule has 0 amide bonds. The molecule has 0 radical (unpaired) electrons. The van der Waals surface area contributed by atoms with Crippen molar-refractivity contribution in [2.75, 3.05) is 11.4 Å². The summed E-state index contributed by atoms with van der Waals surface area (Å²) in [6.45, 7) is 7.44. The number of rotatable bonds is 4. The van der Waals surface area contributed by atoms with Crippen molar-refractivity contribution in [2.24, 2.45) is 0 Å². The average molecular weight is 349 g/mol. The van der Waals surface area contributed by atoms with Gasteiger partial charge in [0.25, 0.3) is 0 Å². The lowest BCUT2D eigenvalue weighted by molar-refractivity contribution is 0.417. The van der Waals surface area contributed by atoms with Crippen molar-refractivity contribution in [3.8, 4) is 5.69 Å². The minimum atomic E-state index is 0.580. The summed E-state index contributed by atoms with van der Waals surface area (Å²) in [5, 5.41) is 5.69. The van der Waals surface area contributed by atoms with Gasteiger partial charge in [0.1, 0.15) is 12.1 Å². The Bertz CT molecular complexity index is 908. The van der Waals surface area contributed by atoms with E-state index in [2.05, 4.69) is 58.9 Å². The molecule has 1 aliphatic carbocycles. The van der Waals surface area contributed by atoms with Crippen LogP contribution >= 0.6 is 0 Å². The monoisotopic (exact) mass is 349 g/mol. The van der Waals surface area contributed by atoms with E-state index in [0.29, 0.717) is 6.04 Å². The van der Waals surface area contributed by atoms with E-state index in [1.807, 2.05) is 10.9 Å². The zero-order chi connectivity index (χ0) is 18.1. The van der Waals surface area contributed by atoms with Crippen LogP contribution in [-0.2, 0) is 0 Å². The number of benzene rings is 1. The predicted molar refractivity (Wildman–Crippen MR) is 106 cm³/mol. The van der Waals surface area contributed by atoms with E-state index in [1.165, 1.54) is 43.2 Å². The molecule has 4 rings (SSSR count). The Hall–Kier alpha value is -2.43. The number of anilines is 1. The Morgan fingerprint density at radius 2 is 1.88 bits per heavy atom. The quantitative estimate of drug-likeness (QED) is 0.691. The highest BCUT2D eigenvalue weighted by molar-refractivity contribution is 5.87. The van der Waals surface area contributed by atoms with Gasteiger partial charge in [-0.3, -0.25) is 0 Å². The Kier molecular flexibility index (Phi) is 4.62. The van der Waals surface area contributed by atoms with Crippen molar-refractivity contribution in [1.82, 2.24) is 19.7 Å². The van der Waals surface area contributed by atoms with Gasteiger partial charge >= 0.3 is 0 Å². The molecule has 0 bridgehead atoms. The average Bonchev–Trinajstić information content (AvgIpc) is 3.10. The molecule has 0 N–H and O–H groups in total. The molecule has 136 valence electrons. The first-order valence-electron chi connectivity index (χ1n) is 9.72. The molecule has 1 saturated carbocycles. The molecule has 0 aliphatic heterocycles. The Balaban J connectivity index is 1.78. The number of hydrogen-bond donors (Lipinski definition) is 0. The van der Waals surface area contributed by atoms with E-state index >= 15 is 0 Å². The standard InChI is InChI=1S/C21H27N5/c1-4-25(17-8-6-5-7-9-17)20-19-13-24-26(21(19)23-14-22-20)18-11-10-15(2)16(3)12-18/h10-14,17H,4-9H2,1-3H3. The third-order valence-electron chi connectivity index (χ3n) is 5.71. The molecule has 5 heteroatoms. The molecule has 1 aromatic carbocycles. The van der Waals surface area contributed by atoms with E-state index in [9.17, 15) is 0 Å². The fourth-order valence-electron chi connectivity index (χ4n) is 4.08. The Labute approximate surface area is 155 Å². The first kappa shape index (κ1) is 17.0. The second-order valence-corrected chi connectivity index (χ2v) is 7.34. The van der Waals surface area contributed by atoms with Crippen molar-refractivity contribution in [3.05, 3.63) is 41.9 Å². The molecule has 2 heterocycles. The smallest absolute Gasteiger partial charge is 0.168 e. The van der Waals surface area contributed by atoms with E-state index in [0.717, 1.165) is 29.1 Å². The van der Waals surface area contributed by atoms with Crippen molar-refractivity contribution in [3.63, 3.8) is 0 Å². The fraction of sp³-hybridized carbons (Fsp3) is 0.476. The SMILES string of the molecule is CCN(c1ncnc2c1cnn2-c1ccc(C)c(C)c1)C1CCCCC1. The summed E-state index contributed by atoms with van der Waals surface area (Å²) in [6.07, 6.45) is 10.1. The maximum absolute atomic E-state index is 4.65. The lowest BCUT2D eigenvalue weighted by atomic mass is 9.94. The van der Waals surface area contributed by atoms with Crippen LogP contribution in [0.3, 0.4) is 0 Å². The number of aromatic nitrogens is 4. The van der Waals surface area contributed by atoms with Crippen molar-refractivity contribution in [2.45, 2.75) is 58.9 Å². The van der Waals surface area contributed by atoms with Crippen LogP contribution in [0.15, 0.2) is 30.7 Å². The van der Waals surface area contributed by atoms with Gasteiger partial charge < -0.3 is 4.90 Å². The molecule has 0 spiro atoms. The summed E-state index contributed by atoms with van der Waals surface area (Å²) >= 11 is 0. The van der Waals surface area contributed by atoms with Gasteiger partial charge in [-0.2, -0.15) is 5.10 Å². The van der Waals surface area contributed by atoms with Gasteiger partial charge in [0, 0.05) is 12.6 Å². The van der Waals surface area contributed by atoms with Gasteiger partial charge in [-0.25, -0.2) is 14.6 Å². The van der Waals surface area contributed by atoms with Gasteiger partial charge in [0.2, 0.25) is 0 Å². The van der Waals surface area contributed by atoms with E-state index in [1.54, 1.807) is 6.33 Å². The largest absolute Gasteiger partial charge is 0.353 e. The minimum Gasteiger partial charge on any atom is -0.353 e. The highest BCUT2D eigenvalue weighted by Crippen LogP contribution is 2.30. The molecular formula is C21H27N5. The maximum atomic E-state index is 4.65. The van der Waals surface area contributed by atoms with Crippen LogP contribution in [0, 0.1) is 13.8 Å². The van der Waals surface area contributed by atoms with Crippen LogP contribution < -0.4 is 4.90 Å². The molecule has 1 aliphatic rings. The predicted octanol–water partition coefficient (Wildman–Crippen LogP) is 4.59. The molecule has 3 aromatic rings. The first-order chi connectivity index (χ1) is 12.7. The maximum Gasteiger partial charge on any atom is 0.168 e. The van der Waals surface area contributed by atoms with Gasteiger partial charge in [-0.05, 0) is 56.9 Å². The van der Waals surface area contributed by atoms with Crippen LogP contribution in [-0.4, -0.2) is 32.3 Å². The zero-order valence-electron chi connectivity index (χ0n) is 15.9. The Morgan fingerprint density at radius 1 is 1.08 bits per heavy atom. The fourth-order valence-corrected chi connectivity index (χ4v) is 4.08. The number of aryl methyl sites for hydroxylation is 2. The van der Waals surface area contributed by atoms with Crippen LogP contribution in [0.25, 0.3) is 16.7 Å². The highest BCUT2D eigenvalue weighted by Gasteiger charge is 2.24. The topological polar surface area (TPSA) is 46.8 Å². The van der Waals surface area contributed by atoms with Crippen LogP contribution in [0.1, 0.15) is 50.2 Å². The van der Waals surface area contributed by atoms with Gasteiger partial charge in [0.15, 0.2) is 5.65 Å². The molecule has 2 aromatic heterocycles. The summed E-state index contributed by atoms with van der Waals surface area (Å²) in [5.74, 6) is 1.03. The highest BCUT2D eigenvalue weighted by atomic mass is 15.3. The van der Waals surface area contributed by atoms with Gasteiger partial charge in [-0.1, -0.05) is 25.3 Å². The third kappa shape index (κ3) is 2.96. The lowest BCUT2D eigenvalue weighted by Crippen LogP contribution is -2.37. The van der Waals surface area contributed by atoms with Crippen molar-refractivity contribution in [1.29, 1.82) is 0 Å². The van der Waals surface area contributed by atoms with Crippen LogP contribution in [0.4, 0.5) is 5.82 Å². The summed E-state index contributed by atoms with van der Waals surface area (Å²) in [4.78, 5) is 11.7. The van der Waals surface area contributed by atoms with Crippen LogP contribution in [0.5, 0.6) is 0 Å². The van der Waals surface area contributed by atoms with Crippen LogP contribution in [0.2, 0.25) is 0 Å². The summed E-state index contributed by atoms with van der Waals surface area (Å²) in [7, 11) is 0. The molecule has 0 atom stereocenters. The normalized spacial score (nSPS) is 15.5. The summed E-state index contributed by atoms with van der Waals surface area (Å²) < 4.78 is 1.93. The minimum absolute atomic E-state index is 0.580. The number of nitrogens with zero attached hydrogens (tertiary/aromatic N) is 5. The van der Waals surface area contributed by atoms with E-state index < -0.39 is 0 Å². The zero-order valence-corrected chi connectivity index (χ0v) is 15.9.